The van der Waals surface area contributed by atoms with Crippen molar-refractivity contribution in [3.05, 3.63) is 34.9 Å². The fourth-order valence-corrected chi connectivity index (χ4v) is 1.27. The molecule has 0 atom stereocenters. The molecule has 0 aromatic heterocycles. The fraction of sp³-hybridized carbons (Fsp3) is 0.222. The number of benzene rings is 1. The second kappa shape index (κ2) is 4.43. The second-order valence-corrected chi connectivity index (χ2v) is 3.21. The largest absolute Gasteiger partial charge is 0.376 e. The average molecular weight is 200 g/mol. The highest BCUT2D eigenvalue weighted by Gasteiger charge is 1.97. The van der Waals surface area contributed by atoms with Crippen molar-refractivity contribution in [3.8, 4) is 0 Å². The summed E-state index contributed by atoms with van der Waals surface area (Å²) in [4.78, 5) is 0.772. The molecule has 0 aliphatic rings. The number of rotatable bonds is 2. The zero-order valence-corrected chi connectivity index (χ0v) is 8.38. The Hall–Kier alpha value is -0.600. The second-order valence-electron chi connectivity index (χ2n) is 2.37. The van der Waals surface area contributed by atoms with Crippen molar-refractivity contribution in [2.45, 2.75) is 6.92 Å². The Morgan fingerprint density at radius 2 is 2.00 bits per heavy atom. The van der Waals surface area contributed by atoms with E-state index in [9.17, 15) is 0 Å². The number of nitrogens with one attached hydrogen (secondary N) is 1. The molecule has 0 unspecified atom stereocenters. The molecule has 1 aromatic rings. The number of halogens is 1. The molecule has 0 amide bonds. The summed E-state index contributed by atoms with van der Waals surface area (Å²) in [6, 6.07) is 7.49. The third-order valence-electron chi connectivity index (χ3n) is 1.44. The molecule has 1 rings (SSSR count). The van der Waals surface area contributed by atoms with Crippen LogP contribution >= 0.6 is 23.8 Å². The summed E-state index contributed by atoms with van der Waals surface area (Å²) in [7, 11) is 0. The molecule has 0 saturated carbocycles. The third-order valence-corrected chi connectivity index (χ3v) is 2.08. The van der Waals surface area contributed by atoms with E-state index in [-0.39, 0.29) is 0 Å². The van der Waals surface area contributed by atoms with Gasteiger partial charge < -0.3 is 5.32 Å². The SMILES string of the molecule is CCNC(=S)c1ccc(Cl)cc1. The summed E-state index contributed by atoms with van der Waals surface area (Å²) in [6.45, 7) is 2.86. The number of hydrogen-bond donors (Lipinski definition) is 1. The first kappa shape index (κ1) is 9.49. The monoisotopic (exact) mass is 199 g/mol. The molecule has 64 valence electrons. The first-order valence-corrected chi connectivity index (χ1v) is 4.56. The van der Waals surface area contributed by atoms with Gasteiger partial charge in [-0.15, -0.1) is 0 Å². The summed E-state index contributed by atoms with van der Waals surface area (Å²) in [5.41, 5.74) is 1.01. The molecule has 1 nitrogen and oxygen atoms in total. The lowest BCUT2D eigenvalue weighted by Gasteiger charge is -2.04. The minimum absolute atomic E-state index is 0.734. The van der Waals surface area contributed by atoms with Gasteiger partial charge in [0, 0.05) is 17.1 Å². The fourth-order valence-electron chi connectivity index (χ4n) is 0.864. The van der Waals surface area contributed by atoms with Gasteiger partial charge in [0.15, 0.2) is 0 Å². The van der Waals surface area contributed by atoms with Crippen molar-refractivity contribution >= 4 is 28.8 Å². The lowest BCUT2D eigenvalue weighted by Crippen LogP contribution is -2.21. The van der Waals surface area contributed by atoms with E-state index in [0.717, 1.165) is 22.1 Å². The summed E-state index contributed by atoms with van der Waals surface area (Å²) in [6.07, 6.45) is 0. The van der Waals surface area contributed by atoms with Crippen molar-refractivity contribution in [2.75, 3.05) is 6.54 Å². The minimum Gasteiger partial charge on any atom is -0.376 e. The standard InChI is InChI=1S/C9H10ClNS/c1-2-11-9(12)7-3-5-8(10)6-4-7/h3-6H,2H2,1H3,(H,11,12). The summed E-state index contributed by atoms with van der Waals surface area (Å²) in [5.74, 6) is 0. The van der Waals surface area contributed by atoms with Gasteiger partial charge in [0.1, 0.15) is 4.99 Å². The van der Waals surface area contributed by atoms with E-state index in [1.165, 1.54) is 0 Å². The van der Waals surface area contributed by atoms with Gasteiger partial charge in [-0.2, -0.15) is 0 Å². The quantitative estimate of drug-likeness (QED) is 0.735. The molecule has 0 heterocycles. The maximum Gasteiger partial charge on any atom is 0.106 e. The first-order chi connectivity index (χ1) is 5.74. The maximum absolute atomic E-state index is 5.73. The van der Waals surface area contributed by atoms with E-state index < -0.39 is 0 Å². The molecule has 0 aliphatic carbocycles. The van der Waals surface area contributed by atoms with E-state index in [1.807, 2.05) is 31.2 Å². The zero-order valence-electron chi connectivity index (χ0n) is 6.80. The summed E-state index contributed by atoms with van der Waals surface area (Å²) in [5, 5.41) is 3.80. The van der Waals surface area contributed by atoms with Crippen LogP contribution in [0.3, 0.4) is 0 Å². The molecular weight excluding hydrogens is 190 g/mol. The Morgan fingerprint density at radius 1 is 1.42 bits per heavy atom. The Labute approximate surface area is 82.7 Å². The molecule has 1 aromatic carbocycles. The van der Waals surface area contributed by atoms with Crippen LogP contribution in [0.5, 0.6) is 0 Å². The van der Waals surface area contributed by atoms with E-state index in [1.54, 1.807) is 0 Å². The predicted octanol–water partition coefficient (Wildman–Crippen LogP) is 2.63. The minimum atomic E-state index is 0.734. The van der Waals surface area contributed by atoms with Crippen molar-refractivity contribution in [1.29, 1.82) is 0 Å². The lowest BCUT2D eigenvalue weighted by atomic mass is 10.2. The predicted molar refractivity (Wildman–Crippen MR) is 56.8 cm³/mol. The van der Waals surface area contributed by atoms with Gasteiger partial charge in [0.05, 0.1) is 0 Å². The van der Waals surface area contributed by atoms with Crippen molar-refractivity contribution in [2.24, 2.45) is 0 Å². The van der Waals surface area contributed by atoms with Crippen LogP contribution in [-0.4, -0.2) is 11.5 Å². The van der Waals surface area contributed by atoms with E-state index in [2.05, 4.69) is 5.32 Å². The Kier molecular flexibility index (Phi) is 3.50. The normalized spacial score (nSPS) is 9.50. The molecular formula is C9H10ClNS. The van der Waals surface area contributed by atoms with E-state index in [0.29, 0.717) is 0 Å². The van der Waals surface area contributed by atoms with E-state index >= 15 is 0 Å². The van der Waals surface area contributed by atoms with Crippen LogP contribution in [0.25, 0.3) is 0 Å². The maximum atomic E-state index is 5.73. The van der Waals surface area contributed by atoms with Crippen LogP contribution in [0, 0.1) is 0 Å². The molecule has 0 bridgehead atoms. The lowest BCUT2D eigenvalue weighted by molar-refractivity contribution is 0.983. The molecule has 1 N–H and O–H groups in total. The molecule has 0 spiro atoms. The molecule has 0 aliphatic heterocycles. The first-order valence-electron chi connectivity index (χ1n) is 3.78. The third kappa shape index (κ3) is 2.47. The highest BCUT2D eigenvalue weighted by molar-refractivity contribution is 7.80. The van der Waals surface area contributed by atoms with Gasteiger partial charge in [-0.3, -0.25) is 0 Å². The van der Waals surface area contributed by atoms with Gasteiger partial charge in [0.25, 0.3) is 0 Å². The van der Waals surface area contributed by atoms with E-state index in [4.69, 9.17) is 23.8 Å². The molecule has 12 heavy (non-hydrogen) atoms. The van der Waals surface area contributed by atoms with Gasteiger partial charge in [-0.25, -0.2) is 0 Å². The van der Waals surface area contributed by atoms with Crippen LogP contribution in [0.4, 0.5) is 0 Å². The average Bonchev–Trinajstić information content (AvgIpc) is 2.06. The highest BCUT2D eigenvalue weighted by atomic mass is 35.5. The molecule has 0 fully saturated rings. The van der Waals surface area contributed by atoms with Crippen molar-refractivity contribution in [1.82, 2.24) is 5.32 Å². The Morgan fingerprint density at radius 3 is 2.50 bits per heavy atom. The number of hydrogen-bond acceptors (Lipinski definition) is 1. The number of thiocarbonyl (C=S) groups is 1. The molecule has 3 heteroatoms. The van der Waals surface area contributed by atoms with Gasteiger partial charge >= 0.3 is 0 Å². The van der Waals surface area contributed by atoms with Gasteiger partial charge in [0.2, 0.25) is 0 Å². The topological polar surface area (TPSA) is 12.0 Å². The van der Waals surface area contributed by atoms with Crippen molar-refractivity contribution < 1.29 is 0 Å². The highest BCUT2D eigenvalue weighted by Crippen LogP contribution is 2.09. The van der Waals surface area contributed by atoms with Crippen LogP contribution in [0.15, 0.2) is 24.3 Å². The smallest absolute Gasteiger partial charge is 0.106 e. The summed E-state index contributed by atoms with van der Waals surface area (Å²) >= 11 is 10.8. The van der Waals surface area contributed by atoms with Gasteiger partial charge in [-0.05, 0) is 19.1 Å². The van der Waals surface area contributed by atoms with Crippen LogP contribution < -0.4 is 5.32 Å². The van der Waals surface area contributed by atoms with Crippen LogP contribution in [-0.2, 0) is 0 Å². The molecule has 0 radical (unpaired) electrons. The van der Waals surface area contributed by atoms with Gasteiger partial charge in [-0.1, -0.05) is 36.0 Å². The molecule has 0 saturated heterocycles. The Bertz CT molecular complexity index is 268. The van der Waals surface area contributed by atoms with Crippen LogP contribution in [0.1, 0.15) is 12.5 Å². The van der Waals surface area contributed by atoms with Crippen LogP contribution in [0.2, 0.25) is 5.02 Å². The summed E-state index contributed by atoms with van der Waals surface area (Å²) < 4.78 is 0. The van der Waals surface area contributed by atoms with Crippen molar-refractivity contribution in [3.63, 3.8) is 0 Å². The zero-order chi connectivity index (χ0) is 8.97. The Balaban J connectivity index is 2.75.